The van der Waals surface area contributed by atoms with E-state index in [1.807, 2.05) is 11.4 Å². The number of carbonyl (C=O) groups is 1. The molecule has 2 aromatic heterocycles. The molecule has 0 unspecified atom stereocenters. The average molecular weight is 491 g/mol. The van der Waals surface area contributed by atoms with Gasteiger partial charge in [-0.2, -0.15) is 0 Å². The van der Waals surface area contributed by atoms with Crippen LogP contribution >= 0.6 is 23.1 Å². The molecule has 1 aromatic carbocycles. The fourth-order valence-electron chi connectivity index (χ4n) is 3.16. The summed E-state index contributed by atoms with van der Waals surface area (Å²) < 4.78 is 28.1. The molecule has 0 fully saturated rings. The van der Waals surface area contributed by atoms with Crippen molar-refractivity contribution in [2.75, 3.05) is 23.3 Å². The van der Waals surface area contributed by atoms with Gasteiger partial charge >= 0.3 is 0 Å². The highest BCUT2D eigenvalue weighted by Gasteiger charge is 2.18. The van der Waals surface area contributed by atoms with Gasteiger partial charge in [-0.1, -0.05) is 24.2 Å². The first-order chi connectivity index (χ1) is 15.4. The molecular formula is C20H22N6O3S3. The Morgan fingerprint density at radius 1 is 1.19 bits per heavy atom. The SMILES string of the molecule is Nc1nc(SCC(=O)Nc2cccc(S(=O)(=O)NC3=NCCCCC3)c2)nc2sccc12. The minimum Gasteiger partial charge on any atom is -0.383 e. The van der Waals surface area contributed by atoms with Gasteiger partial charge in [0.1, 0.15) is 16.5 Å². The number of amides is 1. The lowest BCUT2D eigenvalue weighted by atomic mass is 10.2. The Bertz CT molecular complexity index is 1270. The van der Waals surface area contributed by atoms with Gasteiger partial charge in [-0.25, -0.2) is 18.4 Å². The van der Waals surface area contributed by atoms with Gasteiger partial charge < -0.3 is 11.1 Å². The summed E-state index contributed by atoms with van der Waals surface area (Å²) in [5, 5.41) is 5.81. The summed E-state index contributed by atoms with van der Waals surface area (Å²) in [6.45, 7) is 0.625. The van der Waals surface area contributed by atoms with Gasteiger partial charge in [0, 0.05) is 18.7 Å². The molecule has 1 amide bonds. The highest BCUT2D eigenvalue weighted by molar-refractivity contribution is 7.99. The lowest BCUT2D eigenvalue weighted by Gasteiger charge is -2.11. The number of nitrogens with one attached hydrogen (secondary N) is 2. The van der Waals surface area contributed by atoms with Gasteiger partial charge in [0.05, 0.1) is 16.0 Å². The summed E-state index contributed by atoms with van der Waals surface area (Å²) in [5.41, 5.74) is 6.32. The van der Waals surface area contributed by atoms with E-state index in [2.05, 4.69) is 25.0 Å². The molecular weight excluding hydrogens is 468 g/mol. The molecule has 168 valence electrons. The molecule has 0 saturated heterocycles. The molecule has 0 aliphatic carbocycles. The van der Waals surface area contributed by atoms with E-state index in [0.29, 0.717) is 35.5 Å². The summed E-state index contributed by atoms with van der Waals surface area (Å²) in [4.78, 5) is 26.2. The molecule has 0 saturated carbocycles. The molecule has 3 aromatic rings. The Labute approximate surface area is 194 Å². The van der Waals surface area contributed by atoms with E-state index < -0.39 is 10.0 Å². The zero-order valence-corrected chi connectivity index (χ0v) is 19.5. The highest BCUT2D eigenvalue weighted by atomic mass is 32.2. The lowest BCUT2D eigenvalue weighted by Crippen LogP contribution is -2.30. The number of rotatable bonds is 6. The van der Waals surface area contributed by atoms with Crippen LogP contribution in [0, 0.1) is 0 Å². The molecule has 9 nitrogen and oxygen atoms in total. The van der Waals surface area contributed by atoms with Gasteiger partial charge in [-0.15, -0.1) is 11.3 Å². The predicted molar refractivity (Wildman–Crippen MR) is 129 cm³/mol. The van der Waals surface area contributed by atoms with E-state index in [1.54, 1.807) is 12.1 Å². The molecule has 4 N–H and O–H groups in total. The normalized spacial score (nSPS) is 14.6. The molecule has 1 aliphatic heterocycles. The van der Waals surface area contributed by atoms with E-state index in [4.69, 9.17) is 5.73 Å². The van der Waals surface area contributed by atoms with Gasteiger partial charge in [0.25, 0.3) is 10.0 Å². The van der Waals surface area contributed by atoms with Crippen molar-refractivity contribution in [1.29, 1.82) is 0 Å². The molecule has 0 atom stereocenters. The third-order valence-electron chi connectivity index (χ3n) is 4.72. The molecule has 32 heavy (non-hydrogen) atoms. The fourth-order valence-corrected chi connectivity index (χ4v) is 5.78. The van der Waals surface area contributed by atoms with Crippen molar-refractivity contribution in [3.05, 3.63) is 35.7 Å². The van der Waals surface area contributed by atoms with Crippen molar-refractivity contribution >= 4 is 66.6 Å². The third-order valence-corrected chi connectivity index (χ3v) is 7.75. The Balaban J connectivity index is 1.39. The van der Waals surface area contributed by atoms with E-state index in [0.717, 1.165) is 41.2 Å². The quantitative estimate of drug-likeness (QED) is 0.356. The predicted octanol–water partition coefficient (Wildman–Crippen LogP) is 3.26. The average Bonchev–Trinajstić information content (AvgIpc) is 3.10. The van der Waals surface area contributed by atoms with Crippen LogP contribution in [-0.4, -0.2) is 42.4 Å². The second kappa shape index (κ2) is 9.84. The third kappa shape index (κ3) is 5.56. The number of amidine groups is 1. The molecule has 12 heteroatoms. The number of thioether (sulfide) groups is 1. The van der Waals surface area contributed by atoms with Crippen molar-refractivity contribution in [3.63, 3.8) is 0 Å². The maximum absolute atomic E-state index is 12.7. The fraction of sp³-hybridized carbons (Fsp3) is 0.300. The van der Waals surface area contributed by atoms with Gasteiger partial charge in [-0.3, -0.25) is 14.5 Å². The molecule has 1 aliphatic rings. The maximum Gasteiger partial charge on any atom is 0.262 e. The van der Waals surface area contributed by atoms with Crippen LogP contribution < -0.4 is 15.8 Å². The van der Waals surface area contributed by atoms with Crippen LogP contribution in [0.15, 0.2) is 50.8 Å². The van der Waals surface area contributed by atoms with Gasteiger partial charge in [-0.05, 0) is 42.5 Å². The van der Waals surface area contributed by atoms with Crippen LogP contribution in [0.4, 0.5) is 11.5 Å². The monoisotopic (exact) mass is 490 g/mol. The van der Waals surface area contributed by atoms with E-state index in [9.17, 15) is 13.2 Å². The zero-order chi connectivity index (χ0) is 22.6. The number of aromatic nitrogens is 2. The Kier molecular flexibility index (Phi) is 6.92. The summed E-state index contributed by atoms with van der Waals surface area (Å²) >= 11 is 2.61. The Hall–Kier alpha value is -2.70. The lowest BCUT2D eigenvalue weighted by molar-refractivity contribution is -0.113. The molecule has 0 bridgehead atoms. The molecule has 4 rings (SSSR count). The van der Waals surface area contributed by atoms with Crippen molar-refractivity contribution in [3.8, 4) is 0 Å². The van der Waals surface area contributed by atoms with Crippen LogP contribution in [0.5, 0.6) is 0 Å². The van der Waals surface area contributed by atoms with Gasteiger partial charge in [0.15, 0.2) is 5.16 Å². The van der Waals surface area contributed by atoms with Crippen LogP contribution in [0.25, 0.3) is 10.2 Å². The summed E-state index contributed by atoms with van der Waals surface area (Å²) in [7, 11) is -3.78. The number of aliphatic imine (C=N–C) groups is 1. The number of benzene rings is 1. The Morgan fingerprint density at radius 2 is 2.06 bits per heavy atom. The van der Waals surface area contributed by atoms with Crippen molar-refractivity contribution in [1.82, 2.24) is 14.7 Å². The van der Waals surface area contributed by atoms with Crippen molar-refractivity contribution in [2.45, 2.75) is 35.7 Å². The topological polar surface area (TPSA) is 139 Å². The van der Waals surface area contributed by atoms with Crippen LogP contribution in [0.2, 0.25) is 0 Å². The first-order valence-electron chi connectivity index (χ1n) is 10.0. The Morgan fingerprint density at radius 3 is 2.94 bits per heavy atom. The number of nitrogen functional groups attached to an aromatic ring is 1. The summed E-state index contributed by atoms with van der Waals surface area (Å²) in [6.07, 6.45) is 3.51. The van der Waals surface area contributed by atoms with Crippen LogP contribution in [0.1, 0.15) is 25.7 Å². The number of nitrogens with zero attached hydrogens (tertiary/aromatic N) is 3. The first kappa shape index (κ1) is 22.5. The number of fused-ring (bicyclic) bond motifs is 1. The van der Waals surface area contributed by atoms with E-state index in [-0.39, 0.29) is 16.6 Å². The highest BCUT2D eigenvalue weighted by Crippen LogP contribution is 2.26. The zero-order valence-electron chi connectivity index (χ0n) is 17.1. The number of sulfonamides is 1. The first-order valence-corrected chi connectivity index (χ1v) is 13.4. The van der Waals surface area contributed by atoms with Crippen LogP contribution in [0.3, 0.4) is 0 Å². The number of hydrogen-bond acceptors (Lipinski definition) is 9. The van der Waals surface area contributed by atoms with Crippen molar-refractivity contribution in [2.24, 2.45) is 4.99 Å². The minimum absolute atomic E-state index is 0.0579. The number of hydrogen-bond donors (Lipinski definition) is 3. The molecule has 0 spiro atoms. The maximum atomic E-state index is 12.7. The standard InChI is InChI=1S/C20H22N6O3S3/c21-18-15-8-10-30-19(15)25-20(24-18)31-12-17(27)23-13-5-4-6-14(11-13)32(28,29)26-16-7-2-1-3-9-22-16/h4-6,8,10-11H,1-3,7,9,12H2,(H,22,26)(H,23,27)(H2,21,24,25). The van der Waals surface area contributed by atoms with Crippen LogP contribution in [-0.2, 0) is 14.8 Å². The number of carbonyl (C=O) groups excluding carboxylic acids is 1. The number of thiophene rings is 1. The second-order valence-corrected chi connectivity index (χ2v) is 10.7. The summed E-state index contributed by atoms with van der Waals surface area (Å²) in [6, 6.07) is 7.98. The number of anilines is 2. The summed E-state index contributed by atoms with van der Waals surface area (Å²) in [5.74, 6) is 0.611. The minimum atomic E-state index is -3.78. The largest absolute Gasteiger partial charge is 0.383 e. The van der Waals surface area contributed by atoms with Crippen molar-refractivity contribution < 1.29 is 13.2 Å². The molecule has 0 radical (unpaired) electrons. The van der Waals surface area contributed by atoms with Gasteiger partial charge in [0.2, 0.25) is 5.91 Å². The number of nitrogens with two attached hydrogens (primary N) is 1. The second-order valence-electron chi connectivity index (χ2n) is 7.14. The molecule has 3 heterocycles. The van der Waals surface area contributed by atoms with E-state index in [1.165, 1.54) is 23.5 Å². The van der Waals surface area contributed by atoms with E-state index >= 15 is 0 Å². The smallest absolute Gasteiger partial charge is 0.262 e.